The van der Waals surface area contributed by atoms with Gasteiger partial charge >= 0.3 is 0 Å². The van der Waals surface area contributed by atoms with E-state index in [1.165, 1.54) is 6.20 Å². The zero-order valence-electron chi connectivity index (χ0n) is 9.31. The molecule has 1 aromatic heterocycles. The van der Waals surface area contributed by atoms with Gasteiger partial charge in [-0.25, -0.2) is 8.42 Å². The molecule has 1 fully saturated rings. The van der Waals surface area contributed by atoms with Crippen molar-refractivity contribution in [1.82, 2.24) is 9.29 Å². The minimum absolute atomic E-state index is 0.0984. The van der Waals surface area contributed by atoms with Gasteiger partial charge in [0.1, 0.15) is 0 Å². The first kappa shape index (κ1) is 11.6. The Labute approximate surface area is 95.7 Å². The molecule has 0 aliphatic carbocycles. The summed E-state index contributed by atoms with van der Waals surface area (Å²) in [6, 6.07) is 1.71. The van der Waals surface area contributed by atoms with E-state index < -0.39 is 10.0 Å². The Morgan fingerprint density at radius 3 is 2.88 bits per heavy atom. The summed E-state index contributed by atoms with van der Waals surface area (Å²) in [6.07, 6.45) is 3.39. The molecule has 1 aromatic rings. The second-order valence-electron chi connectivity index (χ2n) is 4.17. The third kappa shape index (κ3) is 1.88. The minimum Gasteiger partial charge on any atom is -0.363 e. The van der Waals surface area contributed by atoms with Crippen molar-refractivity contribution in [1.29, 1.82) is 0 Å². The average molecular weight is 243 g/mol. The number of aromatic amines is 1. The molecule has 0 spiro atoms. The van der Waals surface area contributed by atoms with Crippen LogP contribution in [-0.4, -0.2) is 30.3 Å². The van der Waals surface area contributed by atoms with E-state index in [1.807, 2.05) is 6.92 Å². The largest absolute Gasteiger partial charge is 0.363 e. The van der Waals surface area contributed by atoms with Crippen molar-refractivity contribution in [2.75, 3.05) is 6.54 Å². The maximum Gasteiger partial charge on any atom is 0.244 e. The fourth-order valence-corrected chi connectivity index (χ4v) is 3.80. The van der Waals surface area contributed by atoms with E-state index in [2.05, 4.69) is 4.98 Å². The number of hydrogen-bond donors (Lipinski definition) is 2. The highest BCUT2D eigenvalue weighted by molar-refractivity contribution is 7.89. The second-order valence-corrected chi connectivity index (χ2v) is 6.06. The second kappa shape index (κ2) is 4.20. The Balaban J connectivity index is 2.31. The molecule has 0 bridgehead atoms. The molecule has 1 unspecified atom stereocenters. The van der Waals surface area contributed by atoms with Crippen LogP contribution in [0, 0.1) is 0 Å². The van der Waals surface area contributed by atoms with Crippen LogP contribution in [0.15, 0.2) is 17.2 Å². The fourth-order valence-electron chi connectivity index (χ4n) is 2.09. The van der Waals surface area contributed by atoms with Crippen molar-refractivity contribution in [3.63, 3.8) is 0 Å². The summed E-state index contributed by atoms with van der Waals surface area (Å²) in [5.41, 5.74) is 6.19. The molecule has 5 nitrogen and oxygen atoms in total. The molecule has 2 heterocycles. The smallest absolute Gasteiger partial charge is 0.244 e. The summed E-state index contributed by atoms with van der Waals surface area (Å²) in [5.74, 6) is 0. The van der Waals surface area contributed by atoms with Gasteiger partial charge in [-0.2, -0.15) is 4.31 Å². The number of H-pyrrole nitrogens is 1. The van der Waals surface area contributed by atoms with Gasteiger partial charge in [-0.15, -0.1) is 0 Å². The van der Waals surface area contributed by atoms with Crippen LogP contribution < -0.4 is 5.73 Å². The summed E-state index contributed by atoms with van der Waals surface area (Å²) < 4.78 is 26.0. The molecule has 2 rings (SSSR count). The van der Waals surface area contributed by atoms with Crippen LogP contribution in [0.3, 0.4) is 0 Å². The maximum absolute atomic E-state index is 12.2. The lowest BCUT2D eigenvalue weighted by Crippen LogP contribution is -2.33. The lowest BCUT2D eigenvalue weighted by Gasteiger charge is -2.19. The summed E-state index contributed by atoms with van der Waals surface area (Å²) in [7, 11) is -3.33. The molecule has 0 saturated carbocycles. The van der Waals surface area contributed by atoms with Gasteiger partial charge in [0.15, 0.2) is 0 Å². The molecule has 3 N–H and O–H groups in total. The van der Waals surface area contributed by atoms with Crippen LogP contribution in [0.4, 0.5) is 0 Å². The van der Waals surface area contributed by atoms with Crippen molar-refractivity contribution in [2.24, 2.45) is 5.73 Å². The number of nitrogens with one attached hydrogen (secondary N) is 1. The van der Waals surface area contributed by atoms with Crippen LogP contribution >= 0.6 is 0 Å². The Kier molecular flexibility index (Phi) is 3.05. The van der Waals surface area contributed by atoms with Crippen LogP contribution in [0.1, 0.15) is 25.5 Å². The number of rotatable bonds is 3. The number of sulfonamides is 1. The van der Waals surface area contributed by atoms with Gasteiger partial charge in [-0.1, -0.05) is 0 Å². The van der Waals surface area contributed by atoms with Crippen molar-refractivity contribution >= 4 is 10.0 Å². The molecule has 1 aliphatic heterocycles. The molecule has 0 amide bonds. The van der Waals surface area contributed by atoms with Crippen LogP contribution in [-0.2, 0) is 16.6 Å². The monoisotopic (exact) mass is 243 g/mol. The SMILES string of the molecule is CC1CCCN1S(=O)(=O)c1c[nH]c(CN)c1. The summed E-state index contributed by atoms with van der Waals surface area (Å²) in [6.45, 7) is 2.89. The Morgan fingerprint density at radius 2 is 2.38 bits per heavy atom. The van der Waals surface area contributed by atoms with Gasteiger partial charge in [0.05, 0.1) is 4.90 Å². The van der Waals surface area contributed by atoms with E-state index in [9.17, 15) is 8.42 Å². The molecule has 0 aromatic carbocycles. The van der Waals surface area contributed by atoms with Crippen molar-refractivity contribution in [2.45, 2.75) is 37.2 Å². The molecule has 1 atom stereocenters. The molecule has 6 heteroatoms. The van der Waals surface area contributed by atoms with Crippen LogP contribution in [0.2, 0.25) is 0 Å². The highest BCUT2D eigenvalue weighted by Crippen LogP contribution is 2.25. The first-order valence-electron chi connectivity index (χ1n) is 5.45. The van der Waals surface area contributed by atoms with Gasteiger partial charge in [0.2, 0.25) is 10.0 Å². The molecule has 16 heavy (non-hydrogen) atoms. The van der Waals surface area contributed by atoms with Gasteiger partial charge in [0.25, 0.3) is 0 Å². The number of hydrogen-bond acceptors (Lipinski definition) is 3. The third-order valence-electron chi connectivity index (χ3n) is 3.03. The number of nitrogens with two attached hydrogens (primary N) is 1. The lowest BCUT2D eigenvalue weighted by atomic mass is 10.3. The molecular formula is C10H17N3O2S. The normalized spacial score (nSPS) is 22.8. The Bertz CT molecular complexity index is 466. The zero-order valence-corrected chi connectivity index (χ0v) is 10.1. The Hall–Kier alpha value is -0.850. The van der Waals surface area contributed by atoms with E-state index in [0.717, 1.165) is 18.5 Å². The van der Waals surface area contributed by atoms with Gasteiger partial charge in [-0.05, 0) is 25.8 Å². The number of aromatic nitrogens is 1. The van der Waals surface area contributed by atoms with E-state index in [1.54, 1.807) is 10.4 Å². The zero-order chi connectivity index (χ0) is 11.8. The first-order chi connectivity index (χ1) is 7.55. The highest BCUT2D eigenvalue weighted by atomic mass is 32.2. The molecule has 1 saturated heterocycles. The first-order valence-corrected chi connectivity index (χ1v) is 6.89. The van der Waals surface area contributed by atoms with Gasteiger partial charge in [0, 0.05) is 31.0 Å². The van der Waals surface area contributed by atoms with Crippen LogP contribution in [0.5, 0.6) is 0 Å². The summed E-state index contributed by atoms with van der Waals surface area (Å²) in [4.78, 5) is 3.19. The fraction of sp³-hybridized carbons (Fsp3) is 0.600. The molecule has 1 aliphatic rings. The molecular weight excluding hydrogens is 226 g/mol. The van der Waals surface area contributed by atoms with E-state index in [0.29, 0.717) is 18.0 Å². The molecule has 0 radical (unpaired) electrons. The lowest BCUT2D eigenvalue weighted by molar-refractivity contribution is 0.408. The van der Waals surface area contributed by atoms with Gasteiger partial charge < -0.3 is 10.7 Å². The summed E-state index contributed by atoms with van der Waals surface area (Å²) >= 11 is 0. The maximum atomic E-state index is 12.2. The van der Waals surface area contributed by atoms with Crippen molar-refractivity contribution in [3.05, 3.63) is 18.0 Å². The van der Waals surface area contributed by atoms with Crippen molar-refractivity contribution < 1.29 is 8.42 Å². The highest BCUT2D eigenvalue weighted by Gasteiger charge is 2.32. The quantitative estimate of drug-likeness (QED) is 0.818. The van der Waals surface area contributed by atoms with Crippen LogP contribution in [0.25, 0.3) is 0 Å². The predicted molar refractivity (Wildman–Crippen MR) is 61.3 cm³/mol. The van der Waals surface area contributed by atoms with E-state index in [4.69, 9.17) is 5.73 Å². The minimum atomic E-state index is -3.33. The Morgan fingerprint density at radius 1 is 1.62 bits per heavy atom. The third-order valence-corrected chi connectivity index (χ3v) is 5.03. The predicted octanol–water partition coefficient (Wildman–Crippen LogP) is 0.646. The summed E-state index contributed by atoms with van der Waals surface area (Å²) in [5, 5.41) is 0. The average Bonchev–Trinajstić information content (AvgIpc) is 2.85. The molecule has 90 valence electrons. The number of nitrogens with zero attached hydrogens (tertiary/aromatic N) is 1. The van der Waals surface area contributed by atoms with Crippen molar-refractivity contribution in [3.8, 4) is 0 Å². The van der Waals surface area contributed by atoms with E-state index in [-0.39, 0.29) is 6.04 Å². The standard InChI is InChI=1S/C10H17N3O2S/c1-8-3-2-4-13(8)16(14,15)10-5-9(6-11)12-7-10/h5,7-8,12H,2-4,6,11H2,1H3. The van der Waals surface area contributed by atoms with E-state index >= 15 is 0 Å². The topological polar surface area (TPSA) is 79.2 Å². The van der Waals surface area contributed by atoms with Gasteiger partial charge in [-0.3, -0.25) is 0 Å².